The summed E-state index contributed by atoms with van der Waals surface area (Å²) >= 11 is 1.31. The molecule has 4 rings (SSSR count). The first-order chi connectivity index (χ1) is 13.6. The average molecular weight is 390 g/mol. The van der Waals surface area contributed by atoms with Crippen molar-refractivity contribution in [2.45, 2.75) is 18.6 Å². The molecule has 0 saturated carbocycles. The Morgan fingerprint density at radius 2 is 1.89 bits per heavy atom. The molecule has 7 heteroatoms. The van der Waals surface area contributed by atoms with Gasteiger partial charge in [0, 0.05) is 12.1 Å². The van der Waals surface area contributed by atoms with Crippen molar-refractivity contribution in [3.63, 3.8) is 0 Å². The van der Waals surface area contributed by atoms with Gasteiger partial charge in [-0.25, -0.2) is 0 Å². The van der Waals surface area contributed by atoms with Gasteiger partial charge in [-0.05, 0) is 19.1 Å². The molecule has 0 fully saturated rings. The number of ketones is 1. The lowest BCUT2D eigenvalue weighted by Gasteiger charge is -2.09. The van der Waals surface area contributed by atoms with Crippen molar-refractivity contribution in [3.05, 3.63) is 82.7 Å². The van der Waals surface area contributed by atoms with E-state index in [9.17, 15) is 9.59 Å². The number of rotatable bonds is 6. The number of aromatic nitrogens is 4. The lowest BCUT2D eigenvalue weighted by atomic mass is 10.1. The summed E-state index contributed by atoms with van der Waals surface area (Å²) in [7, 11) is 0. The number of fused-ring (bicyclic) bond motifs is 3. The van der Waals surface area contributed by atoms with Gasteiger partial charge in [0.25, 0.3) is 5.56 Å². The van der Waals surface area contributed by atoms with Gasteiger partial charge in [-0.15, -0.1) is 16.8 Å². The SMILES string of the molecule is C=CCn1c(=O)c2ccccc2n2c(SCC(=O)c3ccc(C)cc3)nnc12. The number of hydrogen-bond donors (Lipinski definition) is 0. The Kier molecular flexibility index (Phi) is 4.83. The van der Waals surface area contributed by atoms with Crippen LogP contribution in [0, 0.1) is 6.92 Å². The van der Waals surface area contributed by atoms with Crippen LogP contribution >= 0.6 is 11.8 Å². The maximum atomic E-state index is 12.8. The average Bonchev–Trinajstić information content (AvgIpc) is 3.14. The molecule has 0 amide bonds. The number of aryl methyl sites for hydroxylation is 1. The molecule has 0 aliphatic rings. The van der Waals surface area contributed by atoms with E-state index in [2.05, 4.69) is 16.8 Å². The first-order valence-electron chi connectivity index (χ1n) is 8.80. The molecule has 0 radical (unpaired) electrons. The smallest absolute Gasteiger partial charge is 0.263 e. The molecule has 0 saturated heterocycles. The predicted molar refractivity (Wildman–Crippen MR) is 111 cm³/mol. The molecule has 2 aromatic heterocycles. The highest BCUT2D eigenvalue weighted by atomic mass is 32.2. The quantitative estimate of drug-likeness (QED) is 0.286. The maximum absolute atomic E-state index is 12.8. The standard InChI is InChI=1S/C21H18N4O2S/c1-3-12-24-19(27)16-6-4-5-7-17(16)25-20(24)22-23-21(25)28-13-18(26)15-10-8-14(2)9-11-15/h3-11H,1,12-13H2,2H3. The van der Waals surface area contributed by atoms with Crippen LogP contribution in [0.2, 0.25) is 0 Å². The Hall–Kier alpha value is -3.19. The van der Waals surface area contributed by atoms with Gasteiger partial charge in [0.05, 0.1) is 16.7 Å². The molecule has 2 aromatic carbocycles. The number of benzene rings is 2. The van der Waals surface area contributed by atoms with Crippen molar-refractivity contribution < 1.29 is 4.79 Å². The number of para-hydroxylation sites is 1. The Bertz CT molecular complexity index is 1260. The summed E-state index contributed by atoms with van der Waals surface area (Å²) in [6, 6.07) is 14.8. The van der Waals surface area contributed by atoms with E-state index in [1.54, 1.807) is 12.1 Å². The number of Topliss-reactive ketones (excluding diaryl/α,β-unsaturated/α-hetero) is 1. The first-order valence-corrected chi connectivity index (χ1v) is 9.79. The summed E-state index contributed by atoms with van der Waals surface area (Å²) < 4.78 is 3.36. The van der Waals surface area contributed by atoms with Gasteiger partial charge in [-0.3, -0.25) is 18.6 Å². The molecule has 0 N–H and O–H groups in total. The molecule has 0 aliphatic carbocycles. The summed E-state index contributed by atoms with van der Waals surface area (Å²) in [6.45, 7) is 6.04. The Morgan fingerprint density at radius 1 is 1.14 bits per heavy atom. The monoisotopic (exact) mass is 390 g/mol. The zero-order chi connectivity index (χ0) is 19.7. The Morgan fingerprint density at radius 3 is 2.64 bits per heavy atom. The third-order valence-electron chi connectivity index (χ3n) is 4.50. The molecule has 4 aromatic rings. The van der Waals surface area contributed by atoms with Crippen LogP contribution in [0.15, 0.2) is 71.1 Å². The second-order valence-corrected chi connectivity index (χ2v) is 7.36. The van der Waals surface area contributed by atoms with E-state index in [-0.39, 0.29) is 17.1 Å². The minimum atomic E-state index is -0.136. The molecule has 0 spiro atoms. The van der Waals surface area contributed by atoms with Gasteiger partial charge in [0.2, 0.25) is 5.78 Å². The summed E-state index contributed by atoms with van der Waals surface area (Å²) in [5.74, 6) is 0.693. The molecule has 2 heterocycles. The normalized spacial score (nSPS) is 11.2. The topological polar surface area (TPSA) is 69.3 Å². The lowest BCUT2D eigenvalue weighted by Crippen LogP contribution is -2.22. The number of thioether (sulfide) groups is 1. The Labute approximate surface area is 165 Å². The third-order valence-corrected chi connectivity index (χ3v) is 5.42. The number of nitrogens with zero attached hydrogens (tertiary/aromatic N) is 4. The van der Waals surface area contributed by atoms with Crippen molar-refractivity contribution >= 4 is 34.2 Å². The lowest BCUT2D eigenvalue weighted by molar-refractivity contribution is 0.102. The maximum Gasteiger partial charge on any atom is 0.263 e. The van der Waals surface area contributed by atoms with Crippen LogP contribution in [0.4, 0.5) is 0 Å². The van der Waals surface area contributed by atoms with Crippen LogP contribution in [0.5, 0.6) is 0 Å². The molecule has 0 atom stereocenters. The van der Waals surface area contributed by atoms with Crippen LogP contribution in [0.1, 0.15) is 15.9 Å². The highest BCUT2D eigenvalue weighted by Crippen LogP contribution is 2.22. The molecule has 0 aliphatic heterocycles. The molecule has 140 valence electrons. The van der Waals surface area contributed by atoms with E-state index < -0.39 is 0 Å². The fourth-order valence-electron chi connectivity index (χ4n) is 3.07. The number of carbonyl (C=O) groups excluding carboxylic acids is 1. The summed E-state index contributed by atoms with van der Waals surface area (Å²) in [4.78, 5) is 25.3. The van der Waals surface area contributed by atoms with E-state index in [4.69, 9.17) is 0 Å². The van der Waals surface area contributed by atoms with Crippen LogP contribution in [0.3, 0.4) is 0 Å². The van der Waals surface area contributed by atoms with Crippen LogP contribution in [-0.2, 0) is 6.54 Å². The van der Waals surface area contributed by atoms with Crippen molar-refractivity contribution in [1.29, 1.82) is 0 Å². The van der Waals surface area contributed by atoms with Gasteiger partial charge >= 0.3 is 0 Å². The van der Waals surface area contributed by atoms with Crippen molar-refractivity contribution in [1.82, 2.24) is 19.2 Å². The molecule has 0 bridgehead atoms. The number of allylic oxidation sites excluding steroid dienone is 1. The molecule has 0 unspecified atom stereocenters. The van der Waals surface area contributed by atoms with E-state index in [0.29, 0.717) is 28.4 Å². The van der Waals surface area contributed by atoms with E-state index >= 15 is 0 Å². The van der Waals surface area contributed by atoms with Gasteiger partial charge in [-0.1, -0.05) is 59.8 Å². The van der Waals surface area contributed by atoms with Gasteiger partial charge < -0.3 is 0 Å². The van der Waals surface area contributed by atoms with Gasteiger partial charge in [0.1, 0.15) is 0 Å². The minimum absolute atomic E-state index is 0.0190. The fraction of sp³-hybridized carbons (Fsp3) is 0.143. The summed E-state index contributed by atoms with van der Waals surface area (Å²) in [5.41, 5.74) is 2.36. The molecular weight excluding hydrogens is 372 g/mol. The van der Waals surface area contributed by atoms with Crippen molar-refractivity contribution in [2.75, 3.05) is 5.75 Å². The van der Waals surface area contributed by atoms with Crippen molar-refractivity contribution in [3.8, 4) is 0 Å². The third kappa shape index (κ3) is 3.14. The van der Waals surface area contributed by atoms with E-state index in [0.717, 1.165) is 11.1 Å². The predicted octanol–water partition coefficient (Wildman–Crippen LogP) is 3.51. The second kappa shape index (κ2) is 7.44. The van der Waals surface area contributed by atoms with Gasteiger partial charge in [0.15, 0.2) is 10.9 Å². The van der Waals surface area contributed by atoms with E-state index in [1.807, 2.05) is 53.8 Å². The zero-order valence-electron chi connectivity index (χ0n) is 15.3. The fourth-order valence-corrected chi connectivity index (χ4v) is 3.91. The zero-order valence-corrected chi connectivity index (χ0v) is 16.1. The highest BCUT2D eigenvalue weighted by Gasteiger charge is 2.17. The van der Waals surface area contributed by atoms with Crippen LogP contribution < -0.4 is 5.56 Å². The van der Waals surface area contributed by atoms with Gasteiger partial charge in [-0.2, -0.15) is 0 Å². The second-order valence-electron chi connectivity index (χ2n) is 6.42. The highest BCUT2D eigenvalue weighted by molar-refractivity contribution is 7.99. The van der Waals surface area contributed by atoms with Crippen LogP contribution in [-0.4, -0.2) is 30.7 Å². The summed E-state index contributed by atoms with van der Waals surface area (Å²) in [5, 5.41) is 9.59. The Balaban J connectivity index is 1.76. The summed E-state index contributed by atoms with van der Waals surface area (Å²) in [6.07, 6.45) is 1.65. The molecule has 6 nitrogen and oxygen atoms in total. The van der Waals surface area contributed by atoms with E-state index in [1.165, 1.54) is 16.3 Å². The molecule has 28 heavy (non-hydrogen) atoms. The molecular formula is C21H18N4O2S. The number of carbonyl (C=O) groups is 1. The number of hydrogen-bond acceptors (Lipinski definition) is 5. The van der Waals surface area contributed by atoms with Crippen molar-refractivity contribution in [2.24, 2.45) is 0 Å². The van der Waals surface area contributed by atoms with Crippen LogP contribution in [0.25, 0.3) is 16.7 Å². The minimum Gasteiger partial charge on any atom is -0.293 e. The largest absolute Gasteiger partial charge is 0.293 e. The first kappa shape index (κ1) is 18.2.